The molecule has 0 aliphatic carbocycles. The molecule has 0 spiro atoms. The van der Waals surface area contributed by atoms with Crippen LogP contribution < -0.4 is 14.8 Å². The van der Waals surface area contributed by atoms with E-state index in [1.165, 1.54) is 18.2 Å². The van der Waals surface area contributed by atoms with Crippen molar-refractivity contribution in [2.75, 3.05) is 11.9 Å². The van der Waals surface area contributed by atoms with Crippen molar-refractivity contribution in [2.24, 2.45) is 0 Å². The summed E-state index contributed by atoms with van der Waals surface area (Å²) in [5.41, 5.74) is 2.28. The predicted molar refractivity (Wildman–Crippen MR) is 127 cm³/mol. The molecule has 0 bridgehead atoms. The van der Waals surface area contributed by atoms with Crippen LogP contribution in [0, 0.1) is 6.92 Å². The summed E-state index contributed by atoms with van der Waals surface area (Å²) in [6.45, 7) is 3.31. The molecule has 0 aliphatic heterocycles. The van der Waals surface area contributed by atoms with E-state index in [0.717, 1.165) is 11.1 Å². The molecule has 9 heteroatoms. The van der Waals surface area contributed by atoms with Crippen LogP contribution in [0.25, 0.3) is 0 Å². The molecule has 32 heavy (non-hydrogen) atoms. The summed E-state index contributed by atoms with van der Waals surface area (Å²) >= 11 is 12.3. The van der Waals surface area contributed by atoms with Crippen molar-refractivity contribution in [2.45, 2.75) is 24.8 Å². The Morgan fingerprint density at radius 1 is 1.00 bits per heavy atom. The monoisotopic (exact) mass is 492 g/mol. The van der Waals surface area contributed by atoms with Gasteiger partial charge < -0.3 is 10.1 Å². The Balaban J connectivity index is 1.62. The molecule has 0 heterocycles. The third-order valence-electron chi connectivity index (χ3n) is 4.66. The number of benzene rings is 3. The van der Waals surface area contributed by atoms with Gasteiger partial charge in [-0.3, -0.25) is 4.79 Å². The molecule has 1 atom stereocenters. The summed E-state index contributed by atoms with van der Waals surface area (Å²) in [6, 6.07) is 18.0. The molecule has 168 valence electrons. The van der Waals surface area contributed by atoms with E-state index in [1.54, 1.807) is 25.1 Å². The molecule has 3 aromatic rings. The Labute approximate surface area is 197 Å². The molecule has 0 saturated carbocycles. The molecule has 1 amide bonds. The number of hydrogen-bond donors (Lipinski definition) is 2. The van der Waals surface area contributed by atoms with E-state index in [1.807, 2.05) is 37.3 Å². The fraction of sp³-hybridized carbons (Fsp3) is 0.174. The Bertz CT molecular complexity index is 1220. The molecule has 0 aliphatic rings. The molecule has 0 aromatic heterocycles. The summed E-state index contributed by atoms with van der Waals surface area (Å²) in [7, 11) is -3.81. The maximum Gasteiger partial charge on any atom is 0.262 e. The first-order valence-electron chi connectivity index (χ1n) is 9.71. The highest BCUT2D eigenvalue weighted by atomic mass is 35.5. The lowest BCUT2D eigenvalue weighted by Crippen LogP contribution is -2.27. The minimum atomic E-state index is -3.81. The van der Waals surface area contributed by atoms with Gasteiger partial charge in [0.05, 0.1) is 9.92 Å². The van der Waals surface area contributed by atoms with Crippen LogP contribution in [0.2, 0.25) is 10.0 Å². The maximum atomic E-state index is 12.7. The Morgan fingerprint density at radius 2 is 1.72 bits per heavy atom. The van der Waals surface area contributed by atoms with Crippen molar-refractivity contribution < 1.29 is 17.9 Å². The number of sulfonamides is 1. The molecule has 6 nitrogen and oxygen atoms in total. The van der Waals surface area contributed by atoms with Crippen molar-refractivity contribution in [3.05, 3.63) is 87.9 Å². The maximum absolute atomic E-state index is 12.7. The first-order chi connectivity index (χ1) is 15.2. The molecule has 0 radical (unpaired) electrons. The summed E-state index contributed by atoms with van der Waals surface area (Å²) in [6.07, 6.45) is 0. The zero-order valence-corrected chi connectivity index (χ0v) is 19.8. The van der Waals surface area contributed by atoms with Gasteiger partial charge in [0.1, 0.15) is 5.75 Å². The van der Waals surface area contributed by atoms with Gasteiger partial charge in [0.15, 0.2) is 6.61 Å². The smallest absolute Gasteiger partial charge is 0.262 e. The first-order valence-corrected chi connectivity index (χ1v) is 12.0. The SMILES string of the molecule is Cc1ccc(NC(=O)COc2ccc(S(=O)(=O)N[C@@H](C)c3ccccc3)cc2Cl)cc1Cl. The highest BCUT2D eigenvalue weighted by molar-refractivity contribution is 7.89. The van der Waals surface area contributed by atoms with Crippen LogP contribution in [0.3, 0.4) is 0 Å². The zero-order valence-electron chi connectivity index (χ0n) is 17.4. The van der Waals surface area contributed by atoms with E-state index in [0.29, 0.717) is 10.7 Å². The number of nitrogens with one attached hydrogen (secondary N) is 2. The van der Waals surface area contributed by atoms with Gasteiger partial charge in [-0.15, -0.1) is 0 Å². The molecule has 0 fully saturated rings. The molecule has 3 rings (SSSR count). The normalized spacial score (nSPS) is 12.2. The topological polar surface area (TPSA) is 84.5 Å². The molecular weight excluding hydrogens is 471 g/mol. The second-order valence-electron chi connectivity index (χ2n) is 7.15. The largest absolute Gasteiger partial charge is 0.482 e. The summed E-state index contributed by atoms with van der Waals surface area (Å²) in [5, 5.41) is 3.29. The number of hydrogen-bond acceptors (Lipinski definition) is 4. The van der Waals surface area contributed by atoms with Crippen molar-refractivity contribution in [1.29, 1.82) is 0 Å². The van der Waals surface area contributed by atoms with Crippen molar-refractivity contribution in [3.63, 3.8) is 0 Å². The van der Waals surface area contributed by atoms with Gasteiger partial charge in [0, 0.05) is 16.8 Å². The van der Waals surface area contributed by atoms with E-state index in [4.69, 9.17) is 27.9 Å². The fourth-order valence-electron chi connectivity index (χ4n) is 2.89. The zero-order chi connectivity index (χ0) is 23.3. The van der Waals surface area contributed by atoms with Gasteiger partial charge in [-0.2, -0.15) is 0 Å². The lowest BCUT2D eigenvalue weighted by Gasteiger charge is -2.15. The third-order valence-corrected chi connectivity index (χ3v) is 6.90. The number of halogens is 2. The molecule has 0 unspecified atom stereocenters. The van der Waals surface area contributed by atoms with Gasteiger partial charge in [0.2, 0.25) is 10.0 Å². The number of anilines is 1. The average Bonchev–Trinajstić information content (AvgIpc) is 2.75. The van der Waals surface area contributed by atoms with Crippen LogP contribution in [-0.4, -0.2) is 20.9 Å². The molecule has 3 aromatic carbocycles. The van der Waals surface area contributed by atoms with Crippen LogP contribution in [-0.2, 0) is 14.8 Å². The number of aryl methyl sites for hydroxylation is 1. The van der Waals surface area contributed by atoms with Gasteiger partial charge >= 0.3 is 0 Å². The minimum Gasteiger partial charge on any atom is -0.482 e. The second kappa shape index (κ2) is 10.4. The van der Waals surface area contributed by atoms with Crippen molar-refractivity contribution >= 4 is 44.8 Å². The molecule has 0 saturated heterocycles. The van der Waals surface area contributed by atoms with Crippen LogP contribution in [0.1, 0.15) is 24.1 Å². The predicted octanol–water partition coefficient (Wildman–Crippen LogP) is 5.36. The van der Waals surface area contributed by atoms with Gasteiger partial charge in [0.25, 0.3) is 5.91 Å². The Hall–Kier alpha value is -2.58. The van der Waals surface area contributed by atoms with Crippen molar-refractivity contribution in [1.82, 2.24) is 4.72 Å². The summed E-state index contributed by atoms with van der Waals surface area (Å²) < 4.78 is 33.5. The van der Waals surface area contributed by atoms with Crippen molar-refractivity contribution in [3.8, 4) is 5.75 Å². The summed E-state index contributed by atoms with van der Waals surface area (Å²) in [5.74, 6) is -0.213. The number of amides is 1. The average molecular weight is 493 g/mol. The van der Waals surface area contributed by atoms with Crippen LogP contribution in [0.4, 0.5) is 5.69 Å². The minimum absolute atomic E-state index is 0.00335. The number of carbonyl (C=O) groups is 1. The highest BCUT2D eigenvalue weighted by Gasteiger charge is 2.20. The second-order valence-corrected chi connectivity index (χ2v) is 9.68. The molecule has 2 N–H and O–H groups in total. The van der Waals surface area contributed by atoms with E-state index in [-0.39, 0.29) is 22.3 Å². The fourth-order valence-corrected chi connectivity index (χ4v) is 4.63. The molecular formula is C23H22Cl2N2O4S. The highest BCUT2D eigenvalue weighted by Crippen LogP contribution is 2.28. The van der Waals surface area contributed by atoms with Gasteiger partial charge in [-0.05, 0) is 55.3 Å². The third kappa shape index (κ3) is 6.23. The van der Waals surface area contributed by atoms with E-state index in [2.05, 4.69) is 10.0 Å². The standard InChI is InChI=1S/C23H22Cl2N2O4S/c1-15-8-9-18(12-20(15)24)26-23(28)14-31-22-11-10-19(13-21(22)25)32(29,30)27-16(2)17-6-4-3-5-7-17/h3-13,16,27H,14H2,1-2H3,(H,26,28)/t16-/m0/s1. The van der Waals surface area contributed by atoms with Crippen LogP contribution >= 0.6 is 23.2 Å². The summed E-state index contributed by atoms with van der Waals surface area (Å²) in [4.78, 5) is 12.1. The van der Waals surface area contributed by atoms with E-state index < -0.39 is 22.0 Å². The Morgan fingerprint density at radius 3 is 2.38 bits per heavy atom. The number of rotatable bonds is 8. The first kappa shape index (κ1) is 24.1. The number of carbonyl (C=O) groups excluding carboxylic acids is 1. The quantitative estimate of drug-likeness (QED) is 0.443. The lowest BCUT2D eigenvalue weighted by atomic mass is 10.1. The Kier molecular flexibility index (Phi) is 7.79. The van der Waals surface area contributed by atoms with Crippen LogP contribution in [0.5, 0.6) is 5.75 Å². The van der Waals surface area contributed by atoms with Gasteiger partial charge in [-0.25, -0.2) is 13.1 Å². The van der Waals surface area contributed by atoms with E-state index >= 15 is 0 Å². The van der Waals surface area contributed by atoms with Gasteiger partial charge in [-0.1, -0.05) is 59.6 Å². The van der Waals surface area contributed by atoms with E-state index in [9.17, 15) is 13.2 Å². The lowest BCUT2D eigenvalue weighted by molar-refractivity contribution is -0.118. The number of ether oxygens (including phenoxy) is 1. The van der Waals surface area contributed by atoms with Crippen LogP contribution in [0.15, 0.2) is 71.6 Å².